The third kappa shape index (κ3) is 6.49. The first-order valence-corrected chi connectivity index (χ1v) is 17.0. The summed E-state index contributed by atoms with van der Waals surface area (Å²) in [5, 5.41) is 3.78. The molecule has 2 atom stereocenters. The number of halogens is 2. The smallest absolute Gasteiger partial charge is 0.216 e. The maximum absolute atomic E-state index is 13.6. The zero-order chi connectivity index (χ0) is 33.1. The fourth-order valence-electron chi connectivity index (χ4n) is 5.93. The van der Waals surface area contributed by atoms with E-state index in [0.29, 0.717) is 69.4 Å². The summed E-state index contributed by atoms with van der Waals surface area (Å²) in [4.78, 5) is 9.01. The Balaban J connectivity index is 1.52. The van der Waals surface area contributed by atoms with E-state index >= 15 is 0 Å². The Morgan fingerprint density at radius 3 is 2.54 bits per heavy atom. The highest BCUT2D eigenvalue weighted by atomic mass is 35.5. The highest BCUT2D eigenvalue weighted by Crippen LogP contribution is 2.47. The lowest BCUT2D eigenvalue weighted by Crippen LogP contribution is -2.54. The first-order valence-electron chi connectivity index (χ1n) is 15.1. The Kier molecular flexibility index (Phi) is 10.0. The van der Waals surface area contributed by atoms with Crippen molar-refractivity contribution in [2.45, 2.75) is 64.0 Å². The number of hydrogen-bond donors (Lipinski definition) is 1. The van der Waals surface area contributed by atoms with Gasteiger partial charge < -0.3 is 19.5 Å². The van der Waals surface area contributed by atoms with Crippen molar-refractivity contribution in [3.8, 4) is 11.5 Å². The number of fused-ring (bicyclic) bond motifs is 1. The van der Waals surface area contributed by atoms with Gasteiger partial charge in [-0.05, 0) is 68.3 Å². The number of nitrogens with zero attached hydrogens (tertiary/aromatic N) is 3. The Hall–Kier alpha value is -3.93. The summed E-state index contributed by atoms with van der Waals surface area (Å²) in [7, 11) is -2.04. The van der Waals surface area contributed by atoms with Crippen LogP contribution in [0.2, 0.25) is 5.02 Å². The molecular weight excluding hydrogens is 631 g/mol. The lowest BCUT2D eigenvalue weighted by molar-refractivity contribution is -0.0255. The maximum Gasteiger partial charge on any atom is 0.216 e. The van der Waals surface area contributed by atoms with Crippen molar-refractivity contribution in [1.29, 1.82) is 0 Å². The molecule has 0 amide bonds. The first kappa shape index (κ1) is 33.4. The second-order valence-corrected chi connectivity index (χ2v) is 14.1. The molecule has 244 valence electrons. The van der Waals surface area contributed by atoms with Crippen molar-refractivity contribution >= 4 is 44.0 Å². The summed E-state index contributed by atoms with van der Waals surface area (Å²) in [6.07, 6.45) is 5.94. The number of anilines is 2. The van der Waals surface area contributed by atoms with Crippen molar-refractivity contribution < 1.29 is 27.0 Å². The van der Waals surface area contributed by atoms with Crippen molar-refractivity contribution in [3.63, 3.8) is 0 Å². The van der Waals surface area contributed by atoms with Gasteiger partial charge in [0.05, 0.1) is 35.2 Å². The molecule has 0 bridgehead atoms. The largest absolute Gasteiger partial charge is 0.496 e. The minimum absolute atomic E-state index is 0.163. The maximum atomic E-state index is 13.6. The molecule has 0 radical (unpaired) electrons. The second kappa shape index (κ2) is 13.8. The van der Waals surface area contributed by atoms with Gasteiger partial charge in [-0.25, -0.2) is 22.8 Å². The minimum Gasteiger partial charge on any atom is -0.496 e. The number of hydrogen-bond acceptors (Lipinski definition) is 8. The molecular formula is C34H38ClFN4O5S. The molecule has 3 aromatic carbocycles. The lowest BCUT2D eigenvalue weighted by Gasteiger charge is -2.43. The molecule has 0 fully saturated rings. The molecule has 1 N–H and O–H groups in total. The molecule has 0 aliphatic carbocycles. The fourth-order valence-corrected chi connectivity index (χ4v) is 7.74. The normalized spacial score (nSPS) is 17.0. The van der Waals surface area contributed by atoms with Crippen LogP contribution in [0.3, 0.4) is 0 Å². The Morgan fingerprint density at radius 1 is 1.11 bits per heavy atom. The summed E-state index contributed by atoms with van der Waals surface area (Å²) in [5.41, 5.74) is 1.60. The average molecular weight is 669 g/mol. The number of likely N-dealkylation sites (N-methyl/N-ethyl adjacent to an activating group) is 1. The van der Waals surface area contributed by atoms with E-state index in [9.17, 15) is 12.8 Å². The van der Waals surface area contributed by atoms with Crippen LogP contribution < -0.4 is 14.8 Å². The van der Waals surface area contributed by atoms with Gasteiger partial charge >= 0.3 is 0 Å². The van der Waals surface area contributed by atoms with Gasteiger partial charge in [0.1, 0.15) is 36.1 Å². The molecule has 46 heavy (non-hydrogen) atoms. The number of sulfonamides is 1. The van der Waals surface area contributed by atoms with Gasteiger partial charge in [0.2, 0.25) is 10.0 Å². The molecule has 0 saturated carbocycles. The molecule has 0 spiro atoms. The summed E-state index contributed by atoms with van der Waals surface area (Å²) in [6.45, 7) is 7.63. The monoisotopic (exact) mass is 668 g/mol. The van der Waals surface area contributed by atoms with E-state index in [1.807, 2.05) is 32.1 Å². The molecule has 12 heteroatoms. The third-order valence-corrected chi connectivity index (χ3v) is 10.8. The van der Waals surface area contributed by atoms with Crippen LogP contribution in [-0.2, 0) is 27.0 Å². The molecule has 1 aliphatic rings. The highest BCUT2D eigenvalue weighted by molar-refractivity contribution is 7.89. The minimum atomic E-state index is -3.62. The van der Waals surface area contributed by atoms with Crippen molar-refractivity contribution in [3.05, 3.63) is 95.2 Å². The van der Waals surface area contributed by atoms with E-state index in [1.165, 1.54) is 18.5 Å². The van der Waals surface area contributed by atoms with E-state index in [-0.39, 0.29) is 12.4 Å². The van der Waals surface area contributed by atoms with Crippen LogP contribution in [0.25, 0.3) is 10.9 Å². The van der Waals surface area contributed by atoms with Crippen LogP contribution in [0.1, 0.15) is 51.7 Å². The fraction of sp³-hybridized carbons (Fsp3) is 0.353. The highest BCUT2D eigenvalue weighted by Gasteiger charge is 2.50. The van der Waals surface area contributed by atoms with Crippen molar-refractivity contribution in [2.24, 2.45) is 0 Å². The van der Waals surface area contributed by atoms with Crippen molar-refractivity contribution in [1.82, 2.24) is 14.3 Å². The van der Waals surface area contributed by atoms with Gasteiger partial charge in [-0.3, -0.25) is 0 Å². The zero-order valence-electron chi connectivity index (χ0n) is 26.5. The molecule has 0 saturated heterocycles. The van der Waals surface area contributed by atoms with Gasteiger partial charge in [-0.2, -0.15) is 4.31 Å². The van der Waals surface area contributed by atoms with Gasteiger partial charge in [0, 0.05) is 35.7 Å². The van der Waals surface area contributed by atoms with E-state index in [0.717, 1.165) is 0 Å². The molecule has 1 aliphatic heterocycles. The number of nitrogens with one attached hydrogen (secondary N) is 1. The van der Waals surface area contributed by atoms with Gasteiger partial charge in [-0.1, -0.05) is 37.6 Å². The molecule has 9 nitrogen and oxygen atoms in total. The van der Waals surface area contributed by atoms with Gasteiger partial charge in [-0.15, -0.1) is 0 Å². The summed E-state index contributed by atoms with van der Waals surface area (Å²) in [5.74, 6) is 1.15. The van der Waals surface area contributed by atoms with Gasteiger partial charge in [0.15, 0.2) is 5.60 Å². The topological polar surface area (TPSA) is 103 Å². The molecule has 5 rings (SSSR count). The van der Waals surface area contributed by atoms with Crippen LogP contribution in [0, 0.1) is 5.82 Å². The average Bonchev–Trinajstić information content (AvgIpc) is 3.53. The zero-order valence-corrected chi connectivity index (χ0v) is 28.0. The molecule has 1 aromatic heterocycles. The lowest BCUT2D eigenvalue weighted by atomic mass is 9.81. The summed E-state index contributed by atoms with van der Waals surface area (Å²) in [6, 6.07) is 14.7. The summed E-state index contributed by atoms with van der Waals surface area (Å²) >= 11 is 6.57. The van der Waals surface area contributed by atoms with Crippen LogP contribution in [0.5, 0.6) is 11.5 Å². The van der Waals surface area contributed by atoms with Crippen LogP contribution in [0.15, 0.2) is 73.3 Å². The van der Waals surface area contributed by atoms with E-state index < -0.39 is 26.9 Å². The van der Waals surface area contributed by atoms with E-state index in [1.54, 1.807) is 61.9 Å². The van der Waals surface area contributed by atoms with E-state index in [4.69, 9.17) is 25.8 Å². The van der Waals surface area contributed by atoms with Crippen molar-refractivity contribution in [2.75, 3.05) is 19.0 Å². The second-order valence-electron chi connectivity index (χ2n) is 11.3. The van der Waals surface area contributed by atoms with Crippen LogP contribution in [0.4, 0.5) is 15.9 Å². The molecule has 2 heterocycles. The number of rotatable bonds is 13. The molecule has 2 unspecified atom stereocenters. The number of methoxy groups -OCH3 is 1. The van der Waals surface area contributed by atoms with Crippen LogP contribution >= 0.6 is 11.6 Å². The Labute approximate surface area is 274 Å². The summed E-state index contributed by atoms with van der Waals surface area (Å²) < 4.78 is 60.3. The SMILES string of the molecule is CCC(N(CC)S(=O)(=O)C(C)C)C1(c2cc3c(Nc4ccc(OCc5cccc(F)c5)c(Cl)c4)ncnc3cc2OC)CC=CO1. The van der Waals surface area contributed by atoms with E-state index in [2.05, 4.69) is 15.3 Å². The predicted molar refractivity (Wildman–Crippen MR) is 179 cm³/mol. The number of benzene rings is 3. The predicted octanol–water partition coefficient (Wildman–Crippen LogP) is 7.72. The quantitative estimate of drug-likeness (QED) is 0.154. The van der Waals surface area contributed by atoms with Gasteiger partial charge in [0.25, 0.3) is 0 Å². The Bertz CT molecular complexity index is 1850. The standard InChI is InChI=1S/C34H38ClFN4O5S/c1-6-32(40(7-2)46(41,42)22(3)4)34(14-9-15-45-34)27-18-26-29(19-31(27)43-5)37-21-38-33(26)39-25-12-13-30(28(35)17-25)44-20-23-10-8-11-24(36)16-23/h8-13,15-19,21-22,32H,6-7,14,20H2,1-5H3,(H,37,38,39). The first-order chi connectivity index (χ1) is 22.0. The van der Waals surface area contributed by atoms with Crippen LogP contribution in [-0.4, -0.2) is 47.6 Å². The number of aromatic nitrogens is 2. The number of ether oxygens (including phenoxy) is 3. The third-order valence-electron chi connectivity index (χ3n) is 8.19. The molecule has 4 aromatic rings. The Morgan fingerprint density at radius 2 is 1.91 bits per heavy atom.